The number of halogens is 1. The van der Waals surface area contributed by atoms with Crippen molar-refractivity contribution in [3.63, 3.8) is 0 Å². The standard InChI is InChI=1S/C21H14ClN5/c22-19-18(26-12-6-5-11-17(26)25-19)21-23-14-8-2-1-7-13(14)20-24-15-9-3-4-10-16(15)27(20)21/h1-12,21,23H/t21-/m1/s1. The van der Waals surface area contributed by atoms with Crippen molar-refractivity contribution in [1.29, 1.82) is 0 Å². The van der Waals surface area contributed by atoms with Gasteiger partial charge in [0.1, 0.15) is 17.2 Å². The van der Waals surface area contributed by atoms with Crippen molar-refractivity contribution in [2.75, 3.05) is 5.32 Å². The third-order valence-corrected chi connectivity index (χ3v) is 5.37. The van der Waals surface area contributed by atoms with Gasteiger partial charge in [-0.2, -0.15) is 0 Å². The van der Waals surface area contributed by atoms with Gasteiger partial charge in [-0.05, 0) is 36.4 Å². The third-order valence-electron chi connectivity index (χ3n) is 5.10. The highest BCUT2D eigenvalue weighted by Crippen LogP contribution is 2.41. The molecule has 1 atom stereocenters. The van der Waals surface area contributed by atoms with Crippen LogP contribution in [0.5, 0.6) is 0 Å². The Kier molecular flexibility index (Phi) is 2.93. The van der Waals surface area contributed by atoms with Crippen molar-refractivity contribution in [2.45, 2.75) is 6.17 Å². The van der Waals surface area contributed by atoms with Crippen LogP contribution in [0.2, 0.25) is 5.15 Å². The van der Waals surface area contributed by atoms with Gasteiger partial charge < -0.3 is 5.32 Å². The van der Waals surface area contributed by atoms with Crippen LogP contribution in [0, 0.1) is 0 Å². The first-order valence-corrected chi connectivity index (χ1v) is 9.14. The van der Waals surface area contributed by atoms with Crippen LogP contribution in [0.4, 0.5) is 5.69 Å². The Morgan fingerprint density at radius 1 is 0.889 bits per heavy atom. The van der Waals surface area contributed by atoms with Crippen LogP contribution in [0.15, 0.2) is 72.9 Å². The van der Waals surface area contributed by atoms with Gasteiger partial charge >= 0.3 is 0 Å². The summed E-state index contributed by atoms with van der Waals surface area (Å²) < 4.78 is 4.24. The largest absolute Gasteiger partial charge is 0.359 e. The molecule has 0 radical (unpaired) electrons. The molecular formula is C21H14ClN5. The lowest BCUT2D eigenvalue weighted by Crippen LogP contribution is -2.26. The lowest BCUT2D eigenvalue weighted by atomic mass is 10.1. The van der Waals surface area contributed by atoms with E-state index in [0.29, 0.717) is 5.15 Å². The molecule has 1 N–H and O–H groups in total. The highest BCUT2D eigenvalue weighted by Gasteiger charge is 2.31. The fourth-order valence-corrected chi connectivity index (χ4v) is 4.21. The molecule has 0 saturated carbocycles. The fraction of sp³-hybridized carbons (Fsp3) is 0.0476. The minimum Gasteiger partial charge on any atom is -0.359 e. The first-order chi connectivity index (χ1) is 13.3. The molecule has 4 heterocycles. The molecule has 0 amide bonds. The Hall–Kier alpha value is -3.31. The van der Waals surface area contributed by atoms with Gasteiger partial charge in [0.15, 0.2) is 11.3 Å². The molecule has 0 fully saturated rings. The maximum absolute atomic E-state index is 6.61. The van der Waals surface area contributed by atoms with E-state index in [-0.39, 0.29) is 6.17 Å². The molecule has 0 saturated heterocycles. The van der Waals surface area contributed by atoms with Crippen LogP contribution < -0.4 is 5.32 Å². The predicted octanol–water partition coefficient (Wildman–Crippen LogP) is 4.98. The quantitative estimate of drug-likeness (QED) is 0.452. The Labute approximate surface area is 159 Å². The van der Waals surface area contributed by atoms with Gasteiger partial charge in [-0.15, -0.1) is 0 Å². The summed E-state index contributed by atoms with van der Waals surface area (Å²) in [4.78, 5) is 9.45. The number of anilines is 1. The van der Waals surface area contributed by atoms with Crippen molar-refractivity contribution >= 4 is 34.0 Å². The summed E-state index contributed by atoms with van der Waals surface area (Å²) in [6.45, 7) is 0. The Balaban J connectivity index is 1.72. The summed E-state index contributed by atoms with van der Waals surface area (Å²) in [6, 6.07) is 22.3. The number of hydrogen-bond donors (Lipinski definition) is 1. The van der Waals surface area contributed by atoms with Gasteiger partial charge in [-0.25, -0.2) is 9.97 Å². The summed E-state index contributed by atoms with van der Waals surface area (Å²) >= 11 is 6.61. The molecule has 27 heavy (non-hydrogen) atoms. The van der Waals surface area contributed by atoms with E-state index in [2.05, 4.69) is 33.1 Å². The third kappa shape index (κ3) is 2.00. The molecule has 0 bridgehead atoms. The van der Waals surface area contributed by atoms with E-state index in [4.69, 9.17) is 16.6 Å². The molecule has 0 spiro atoms. The van der Waals surface area contributed by atoms with Gasteiger partial charge in [-0.3, -0.25) is 8.97 Å². The van der Waals surface area contributed by atoms with E-state index in [1.54, 1.807) is 0 Å². The maximum Gasteiger partial charge on any atom is 0.155 e. The lowest BCUT2D eigenvalue weighted by molar-refractivity contribution is 0.644. The van der Waals surface area contributed by atoms with Crippen molar-refractivity contribution < 1.29 is 0 Å². The van der Waals surface area contributed by atoms with E-state index in [9.17, 15) is 0 Å². The van der Waals surface area contributed by atoms with Crippen LogP contribution in [0.25, 0.3) is 28.1 Å². The summed E-state index contributed by atoms with van der Waals surface area (Å²) in [7, 11) is 0. The van der Waals surface area contributed by atoms with Crippen molar-refractivity contribution in [1.82, 2.24) is 18.9 Å². The molecule has 6 rings (SSSR count). The van der Waals surface area contributed by atoms with E-state index in [1.807, 2.05) is 59.1 Å². The number of imidazole rings is 2. The van der Waals surface area contributed by atoms with E-state index in [0.717, 1.165) is 39.4 Å². The van der Waals surface area contributed by atoms with E-state index < -0.39 is 0 Å². The number of hydrogen-bond acceptors (Lipinski definition) is 3. The molecule has 3 aromatic heterocycles. The molecule has 2 aromatic carbocycles. The highest BCUT2D eigenvalue weighted by molar-refractivity contribution is 6.30. The minimum absolute atomic E-state index is 0.216. The Morgan fingerprint density at radius 2 is 1.70 bits per heavy atom. The number of benzene rings is 2. The number of aromatic nitrogens is 4. The number of nitrogens with one attached hydrogen (secondary N) is 1. The summed E-state index contributed by atoms with van der Waals surface area (Å²) in [5.41, 5.74) is 5.85. The fourth-order valence-electron chi connectivity index (χ4n) is 3.93. The smallest absolute Gasteiger partial charge is 0.155 e. The zero-order chi connectivity index (χ0) is 18.0. The van der Waals surface area contributed by atoms with Crippen LogP contribution >= 0.6 is 11.6 Å². The summed E-state index contributed by atoms with van der Waals surface area (Å²) in [5, 5.41) is 4.13. The van der Waals surface area contributed by atoms with Crippen LogP contribution in [-0.4, -0.2) is 18.9 Å². The zero-order valence-corrected chi connectivity index (χ0v) is 14.9. The molecular weight excluding hydrogens is 358 g/mol. The van der Waals surface area contributed by atoms with Crippen LogP contribution in [-0.2, 0) is 0 Å². The topological polar surface area (TPSA) is 47.1 Å². The van der Waals surface area contributed by atoms with Gasteiger partial charge in [0.05, 0.1) is 11.0 Å². The van der Waals surface area contributed by atoms with Crippen LogP contribution in [0.3, 0.4) is 0 Å². The first kappa shape index (κ1) is 14.8. The van der Waals surface area contributed by atoms with E-state index in [1.165, 1.54) is 0 Å². The molecule has 1 aliphatic rings. The summed E-state index contributed by atoms with van der Waals surface area (Å²) in [5.74, 6) is 0.928. The first-order valence-electron chi connectivity index (χ1n) is 8.76. The van der Waals surface area contributed by atoms with Gasteiger partial charge in [-0.1, -0.05) is 41.9 Å². The number of nitrogens with zero attached hydrogens (tertiary/aromatic N) is 4. The van der Waals surface area contributed by atoms with Gasteiger partial charge in [0.2, 0.25) is 0 Å². The molecule has 6 heteroatoms. The second-order valence-corrected chi connectivity index (χ2v) is 6.96. The molecule has 0 aliphatic carbocycles. The zero-order valence-electron chi connectivity index (χ0n) is 14.2. The Bertz CT molecular complexity index is 1330. The Morgan fingerprint density at radius 3 is 2.67 bits per heavy atom. The van der Waals surface area contributed by atoms with Crippen molar-refractivity contribution in [3.8, 4) is 11.4 Å². The SMILES string of the molecule is Clc1nc2ccccn2c1[C@@H]1Nc2ccccc2-c2nc3ccccc3n21. The number of rotatable bonds is 1. The number of para-hydroxylation sites is 3. The lowest BCUT2D eigenvalue weighted by Gasteiger charge is -2.30. The maximum atomic E-state index is 6.61. The molecule has 5 nitrogen and oxygen atoms in total. The van der Waals surface area contributed by atoms with Crippen molar-refractivity contribution in [3.05, 3.63) is 83.8 Å². The monoisotopic (exact) mass is 371 g/mol. The normalized spacial score (nSPS) is 15.5. The minimum atomic E-state index is -0.216. The van der Waals surface area contributed by atoms with E-state index >= 15 is 0 Å². The highest BCUT2D eigenvalue weighted by atomic mass is 35.5. The second-order valence-electron chi connectivity index (χ2n) is 6.60. The average Bonchev–Trinajstić information content (AvgIpc) is 3.25. The van der Waals surface area contributed by atoms with Crippen LogP contribution in [0.1, 0.15) is 11.9 Å². The molecule has 5 aromatic rings. The molecule has 130 valence electrons. The second kappa shape index (κ2) is 5.34. The average molecular weight is 372 g/mol. The summed E-state index contributed by atoms with van der Waals surface area (Å²) in [6.07, 6.45) is 1.78. The number of pyridine rings is 1. The predicted molar refractivity (Wildman–Crippen MR) is 107 cm³/mol. The van der Waals surface area contributed by atoms with Gasteiger partial charge in [0, 0.05) is 17.4 Å². The van der Waals surface area contributed by atoms with Gasteiger partial charge in [0.25, 0.3) is 0 Å². The molecule has 0 unspecified atom stereocenters. The van der Waals surface area contributed by atoms with Crippen molar-refractivity contribution in [2.24, 2.45) is 0 Å². The molecule has 1 aliphatic heterocycles. The number of fused-ring (bicyclic) bond motifs is 6.